The average molecular weight is 289 g/mol. The highest BCUT2D eigenvalue weighted by Gasteiger charge is 2.09. The summed E-state index contributed by atoms with van der Waals surface area (Å²) in [4.78, 5) is 22.8. The summed E-state index contributed by atoms with van der Waals surface area (Å²) in [5.74, 6) is 0.343. The number of amides is 2. The largest absolute Gasteiger partial charge is 0.495 e. The molecule has 110 valence electrons. The number of hydrogen-bond acceptors (Lipinski definition) is 5. The van der Waals surface area contributed by atoms with Crippen molar-refractivity contribution in [3.05, 3.63) is 30.5 Å². The van der Waals surface area contributed by atoms with E-state index in [-0.39, 0.29) is 18.4 Å². The Hall–Kier alpha value is -2.90. The molecule has 0 aliphatic heterocycles. The molecule has 0 spiro atoms. The van der Waals surface area contributed by atoms with Crippen LogP contribution in [0.25, 0.3) is 0 Å². The second-order valence-corrected chi connectivity index (χ2v) is 4.23. The number of nitrogens with zero attached hydrogens (tertiary/aromatic N) is 3. The lowest BCUT2D eigenvalue weighted by Gasteiger charge is -2.09. The maximum Gasteiger partial charge on any atom is 0.246 e. The molecule has 0 saturated heterocycles. The third-order valence-corrected chi connectivity index (χ3v) is 2.53. The molecule has 8 nitrogen and oxygen atoms in total. The molecule has 0 atom stereocenters. The number of carbonyl (C=O) groups is 2. The standard InChI is InChI=1S/C13H15N5O3/c1-9(19)14-12-7-18(17-16-12)8-13(20)15-10-5-3-4-6-11(10)21-2/h3-7H,8H2,1-2H3,(H,14,19)(H,15,20). The summed E-state index contributed by atoms with van der Waals surface area (Å²) in [6.45, 7) is 1.35. The van der Waals surface area contributed by atoms with Gasteiger partial charge in [-0.3, -0.25) is 9.59 Å². The molecule has 2 rings (SSSR count). The van der Waals surface area contributed by atoms with Gasteiger partial charge in [-0.15, -0.1) is 5.10 Å². The summed E-state index contributed by atoms with van der Waals surface area (Å²) < 4.78 is 6.48. The van der Waals surface area contributed by atoms with E-state index >= 15 is 0 Å². The minimum atomic E-state index is -0.279. The van der Waals surface area contributed by atoms with Gasteiger partial charge in [0, 0.05) is 6.92 Å². The number of nitrogens with one attached hydrogen (secondary N) is 2. The van der Waals surface area contributed by atoms with Crippen molar-refractivity contribution in [2.24, 2.45) is 0 Å². The Morgan fingerprint density at radius 2 is 2.05 bits per heavy atom. The van der Waals surface area contributed by atoms with Crippen LogP contribution in [0.4, 0.5) is 11.5 Å². The molecular weight excluding hydrogens is 274 g/mol. The van der Waals surface area contributed by atoms with Crippen LogP contribution in [0.5, 0.6) is 5.75 Å². The van der Waals surface area contributed by atoms with Crippen molar-refractivity contribution >= 4 is 23.3 Å². The Bertz CT molecular complexity index is 653. The van der Waals surface area contributed by atoms with Crippen LogP contribution in [0.1, 0.15) is 6.92 Å². The molecule has 0 radical (unpaired) electrons. The van der Waals surface area contributed by atoms with Gasteiger partial charge in [-0.1, -0.05) is 17.3 Å². The second kappa shape index (κ2) is 6.51. The third kappa shape index (κ3) is 4.03. The van der Waals surface area contributed by atoms with Crippen LogP contribution < -0.4 is 15.4 Å². The minimum Gasteiger partial charge on any atom is -0.495 e. The number of carbonyl (C=O) groups excluding carboxylic acids is 2. The highest BCUT2D eigenvalue weighted by atomic mass is 16.5. The Labute approximate surface area is 121 Å². The first-order chi connectivity index (χ1) is 10.1. The fourth-order valence-corrected chi connectivity index (χ4v) is 1.70. The quantitative estimate of drug-likeness (QED) is 0.851. The van der Waals surface area contributed by atoms with Gasteiger partial charge >= 0.3 is 0 Å². The van der Waals surface area contributed by atoms with E-state index in [9.17, 15) is 9.59 Å². The zero-order valence-corrected chi connectivity index (χ0v) is 11.7. The van der Waals surface area contributed by atoms with Crippen molar-refractivity contribution in [3.8, 4) is 5.75 Å². The number of rotatable bonds is 5. The van der Waals surface area contributed by atoms with Crippen molar-refractivity contribution in [3.63, 3.8) is 0 Å². The van der Waals surface area contributed by atoms with Crippen LogP contribution in [-0.4, -0.2) is 33.9 Å². The topological polar surface area (TPSA) is 98.1 Å². The van der Waals surface area contributed by atoms with Gasteiger partial charge in [-0.05, 0) is 12.1 Å². The summed E-state index contributed by atoms with van der Waals surface area (Å²) in [5.41, 5.74) is 0.576. The number of para-hydroxylation sites is 2. The third-order valence-electron chi connectivity index (χ3n) is 2.53. The molecule has 2 N–H and O–H groups in total. The lowest BCUT2D eigenvalue weighted by Crippen LogP contribution is -2.19. The molecule has 0 saturated carbocycles. The number of methoxy groups -OCH3 is 1. The van der Waals surface area contributed by atoms with Crippen LogP contribution >= 0.6 is 0 Å². The predicted molar refractivity (Wildman–Crippen MR) is 75.9 cm³/mol. The summed E-state index contributed by atoms with van der Waals surface area (Å²) in [6.07, 6.45) is 1.48. The molecule has 0 aliphatic carbocycles. The SMILES string of the molecule is COc1ccccc1NC(=O)Cn1cc(NC(C)=O)nn1. The van der Waals surface area contributed by atoms with Gasteiger partial charge in [0.1, 0.15) is 12.3 Å². The Kier molecular flexibility index (Phi) is 4.50. The van der Waals surface area contributed by atoms with E-state index < -0.39 is 0 Å². The van der Waals surface area contributed by atoms with Gasteiger partial charge in [0.15, 0.2) is 5.82 Å². The summed E-state index contributed by atoms with van der Waals surface area (Å²) in [5, 5.41) is 12.7. The van der Waals surface area contributed by atoms with Crippen molar-refractivity contribution < 1.29 is 14.3 Å². The first-order valence-corrected chi connectivity index (χ1v) is 6.19. The molecule has 0 bridgehead atoms. The number of hydrogen-bond donors (Lipinski definition) is 2. The number of anilines is 2. The van der Waals surface area contributed by atoms with Crippen molar-refractivity contribution in [1.82, 2.24) is 15.0 Å². The van der Waals surface area contributed by atoms with Crippen LogP contribution in [0.2, 0.25) is 0 Å². The second-order valence-electron chi connectivity index (χ2n) is 4.23. The molecule has 0 unspecified atom stereocenters. The van der Waals surface area contributed by atoms with E-state index in [1.54, 1.807) is 18.2 Å². The first-order valence-electron chi connectivity index (χ1n) is 6.19. The normalized spacial score (nSPS) is 10.0. The van der Waals surface area contributed by atoms with Gasteiger partial charge in [0.2, 0.25) is 11.8 Å². The van der Waals surface area contributed by atoms with Gasteiger partial charge < -0.3 is 15.4 Å². The van der Waals surface area contributed by atoms with Crippen molar-refractivity contribution in [2.75, 3.05) is 17.7 Å². The summed E-state index contributed by atoms with van der Waals surface area (Å²) in [7, 11) is 1.53. The zero-order chi connectivity index (χ0) is 15.2. The minimum absolute atomic E-state index is 0.0232. The van der Waals surface area contributed by atoms with E-state index in [2.05, 4.69) is 20.9 Å². The van der Waals surface area contributed by atoms with Crippen LogP contribution in [0.3, 0.4) is 0 Å². The Morgan fingerprint density at radius 3 is 2.76 bits per heavy atom. The predicted octanol–water partition coefficient (Wildman–Crippen LogP) is 0.884. The molecule has 1 aromatic carbocycles. The number of ether oxygens (including phenoxy) is 1. The Balaban J connectivity index is 1.98. The smallest absolute Gasteiger partial charge is 0.246 e. The summed E-state index contributed by atoms with van der Waals surface area (Å²) in [6, 6.07) is 7.09. The molecule has 8 heteroatoms. The van der Waals surface area contributed by atoms with E-state index in [0.717, 1.165) is 0 Å². The maximum absolute atomic E-state index is 11.9. The molecule has 0 aliphatic rings. The average Bonchev–Trinajstić information content (AvgIpc) is 2.85. The van der Waals surface area contributed by atoms with E-state index in [0.29, 0.717) is 17.3 Å². The van der Waals surface area contributed by atoms with Gasteiger partial charge in [0.05, 0.1) is 19.0 Å². The van der Waals surface area contributed by atoms with Crippen molar-refractivity contribution in [2.45, 2.75) is 13.5 Å². The molecule has 1 aromatic heterocycles. The highest BCUT2D eigenvalue weighted by molar-refractivity contribution is 5.92. The molecule has 21 heavy (non-hydrogen) atoms. The monoisotopic (exact) mass is 289 g/mol. The van der Waals surface area contributed by atoms with Crippen LogP contribution in [0, 0.1) is 0 Å². The molecule has 0 fully saturated rings. The van der Waals surface area contributed by atoms with Gasteiger partial charge in [-0.2, -0.15) is 0 Å². The lowest BCUT2D eigenvalue weighted by molar-refractivity contribution is -0.117. The van der Waals surface area contributed by atoms with Crippen LogP contribution in [-0.2, 0) is 16.1 Å². The van der Waals surface area contributed by atoms with E-state index in [4.69, 9.17) is 4.74 Å². The molecule has 2 aromatic rings. The fourth-order valence-electron chi connectivity index (χ4n) is 1.70. The van der Waals surface area contributed by atoms with Gasteiger partial charge in [-0.25, -0.2) is 4.68 Å². The molecule has 2 amide bonds. The van der Waals surface area contributed by atoms with Gasteiger partial charge in [0.25, 0.3) is 0 Å². The number of benzene rings is 1. The van der Waals surface area contributed by atoms with Crippen LogP contribution in [0.15, 0.2) is 30.5 Å². The molecule has 1 heterocycles. The lowest BCUT2D eigenvalue weighted by atomic mass is 10.3. The number of aromatic nitrogens is 3. The first kappa shape index (κ1) is 14.5. The fraction of sp³-hybridized carbons (Fsp3) is 0.231. The van der Waals surface area contributed by atoms with E-state index in [1.807, 2.05) is 6.07 Å². The Morgan fingerprint density at radius 1 is 1.29 bits per heavy atom. The molecular formula is C13H15N5O3. The highest BCUT2D eigenvalue weighted by Crippen LogP contribution is 2.22. The zero-order valence-electron chi connectivity index (χ0n) is 11.7. The summed E-state index contributed by atoms with van der Waals surface area (Å²) >= 11 is 0. The maximum atomic E-state index is 11.9. The van der Waals surface area contributed by atoms with E-state index in [1.165, 1.54) is 24.9 Å². The van der Waals surface area contributed by atoms with Crippen molar-refractivity contribution in [1.29, 1.82) is 0 Å².